The Morgan fingerprint density at radius 2 is 1.82 bits per heavy atom. The van der Waals surface area contributed by atoms with Crippen molar-refractivity contribution < 1.29 is 24.5 Å². The highest BCUT2D eigenvalue weighted by molar-refractivity contribution is 6.42. The smallest absolute Gasteiger partial charge is 0.372 e. The van der Waals surface area contributed by atoms with E-state index >= 15 is 0 Å². The van der Waals surface area contributed by atoms with Gasteiger partial charge in [-0.15, -0.1) is 0 Å². The fourth-order valence-electron chi connectivity index (χ4n) is 0.914. The molecule has 90 valence electrons. The summed E-state index contributed by atoms with van der Waals surface area (Å²) >= 11 is 11.3. The molecule has 0 saturated heterocycles. The van der Waals surface area contributed by atoms with Gasteiger partial charge >= 0.3 is 11.9 Å². The van der Waals surface area contributed by atoms with Crippen LogP contribution in [-0.2, 0) is 9.59 Å². The van der Waals surface area contributed by atoms with Crippen molar-refractivity contribution in [2.45, 2.75) is 0 Å². The predicted octanol–water partition coefficient (Wildman–Crippen LogP) is 2.43. The molecule has 0 aliphatic carbocycles. The van der Waals surface area contributed by atoms with Crippen molar-refractivity contribution in [2.75, 3.05) is 0 Å². The molecule has 0 heterocycles. The van der Waals surface area contributed by atoms with Gasteiger partial charge in [0, 0.05) is 6.07 Å². The fourth-order valence-corrected chi connectivity index (χ4v) is 1.20. The molecule has 2 N–H and O–H groups in total. The second-order valence-corrected chi connectivity index (χ2v) is 3.64. The van der Waals surface area contributed by atoms with E-state index in [1.165, 1.54) is 18.2 Å². The monoisotopic (exact) mass is 276 g/mol. The van der Waals surface area contributed by atoms with Crippen molar-refractivity contribution in [1.82, 2.24) is 0 Å². The molecular weight excluding hydrogens is 271 g/mol. The molecule has 0 aliphatic rings. The molecule has 0 fully saturated rings. The van der Waals surface area contributed by atoms with E-state index in [1.807, 2.05) is 0 Å². The third kappa shape index (κ3) is 3.97. The Balaban J connectivity index is 2.98. The Hall–Kier alpha value is -1.72. The van der Waals surface area contributed by atoms with Crippen molar-refractivity contribution in [2.24, 2.45) is 0 Å². The summed E-state index contributed by atoms with van der Waals surface area (Å²) in [6.07, 6.45) is 0.435. The van der Waals surface area contributed by atoms with E-state index in [4.69, 9.17) is 38.2 Å². The summed E-state index contributed by atoms with van der Waals surface area (Å²) in [6, 6.07) is 4.05. The van der Waals surface area contributed by atoms with Crippen LogP contribution in [0.5, 0.6) is 5.75 Å². The lowest BCUT2D eigenvalue weighted by atomic mass is 10.3. The van der Waals surface area contributed by atoms with E-state index in [0.29, 0.717) is 6.08 Å². The number of benzene rings is 1. The summed E-state index contributed by atoms with van der Waals surface area (Å²) in [4.78, 5) is 21.0. The summed E-state index contributed by atoms with van der Waals surface area (Å²) < 4.78 is 4.86. The summed E-state index contributed by atoms with van der Waals surface area (Å²) in [5.74, 6) is -3.58. The SMILES string of the molecule is O=C(O)/C=C(\Oc1ccc(Cl)c(Cl)c1)C(=O)O. The number of carboxylic acid groups (broad SMARTS) is 2. The zero-order valence-electron chi connectivity index (χ0n) is 8.18. The van der Waals surface area contributed by atoms with Crippen molar-refractivity contribution in [3.8, 4) is 5.75 Å². The summed E-state index contributed by atoms with van der Waals surface area (Å²) in [5, 5.41) is 17.6. The van der Waals surface area contributed by atoms with Crippen LogP contribution in [0, 0.1) is 0 Å². The Labute approximate surface area is 106 Å². The largest absolute Gasteiger partial charge is 0.478 e. The van der Waals surface area contributed by atoms with E-state index in [-0.39, 0.29) is 15.8 Å². The quantitative estimate of drug-likeness (QED) is 0.652. The lowest BCUT2D eigenvalue weighted by Crippen LogP contribution is -2.10. The van der Waals surface area contributed by atoms with Gasteiger partial charge in [-0.1, -0.05) is 23.2 Å². The van der Waals surface area contributed by atoms with Crippen LogP contribution >= 0.6 is 23.2 Å². The van der Waals surface area contributed by atoms with Crippen LogP contribution in [0.2, 0.25) is 10.0 Å². The highest BCUT2D eigenvalue weighted by Crippen LogP contribution is 2.27. The van der Waals surface area contributed by atoms with Crippen molar-refractivity contribution >= 4 is 35.1 Å². The lowest BCUT2D eigenvalue weighted by Gasteiger charge is -2.06. The maximum Gasteiger partial charge on any atom is 0.372 e. The van der Waals surface area contributed by atoms with Crippen LogP contribution in [0.3, 0.4) is 0 Å². The van der Waals surface area contributed by atoms with Gasteiger partial charge in [0.05, 0.1) is 16.1 Å². The highest BCUT2D eigenvalue weighted by Gasteiger charge is 2.13. The lowest BCUT2D eigenvalue weighted by molar-refractivity contribution is -0.137. The molecule has 0 saturated carbocycles. The first-order valence-electron chi connectivity index (χ1n) is 4.21. The molecule has 1 rings (SSSR count). The van der Waals surface area contributed by atoms with Gasteiger partial charge in [-0.2, -0.15) is 0 Å². The molecule has 0 radical (unpaired) electrons. The minimum atomic E-state index is -1.50. The predicted molar refractivity (Wildman–Crippen MR) is 60.4 cm³/mol. The van der Waals surface area contributed by atoms with Gasteiger partial charge in [-0.05, 0) is 12.1 Å². The van der Waals surface area contributed by atoms with Crippen molar-refractivity contribution in [3.63, 3.8) is 0 Å². The Kier molecular flexibility index (Phi) is 4.37. The Morgan fingerprint density at radius 1 is 1.18 bits per heavy atom. The number of halogens is 2. The fraction of sp³-hybridized carbons (Fsp3) is 0. The van der Waals surface area contributed by atoms with Crippen molar-refractivity contribution in [1.29, 1.82) is 0 Å². The standard InChI is InChI=1S/C10H6Cl2O5/c11-6-2-1-5(3-7(6)12)17-8(10(15)16)4-9(13)14/h1-4H,(H,13,14)(H,15,16)/b8-4-. The van der Waals surface area contributed by atoms with E-state index < -0.39 is 17.7 Å². The molecule has 0 aromatic heterocycles. The van der Waals surface area contributed by atoms with E-state index in [1.54, 1.807) is 0 Å². The summed E-state index contributed by atoms with van der Waals surface area (Å²) in [5.41, 5.74) is 0. The number of hydrogen-bond donors (Lipinski definition) is 2. The van der Waals surface area contributed by atoms with Gasteiger partial charge < -0.3 is 14.9 Å². The molecule has 7 heteroatoms. The van der Waals surface area contributed by atoms with Gasteiger partial charge in [0.2, 0.25) is 5.76 Å². The Bertz CT molecular complexity index is 495. The minimum Gasteiger partial charge on any atom is -0.478 e. The highest BCUT2D eigenvalue weighted by atomic mass is 35.5. The number of aliphatic carboxylic acids is 2. The Morgan fingerprint density at radius 3 is 2.29 bits per heavy atom. The zero-order chi connectivity index (χ0) is 13.0. The molecule has 0 spiro atoms. The van der Waals surface area contributed by atoms with E-state index in [2.05, 4.69) is 0 Å². The topological polar surface area (TPSA) is 83.8 Å². The number of hydrogen-bond acceptors (Lipinski definition) is 3. The third-order valence-corrected chi connectivity index (χ3v) is 2.32. The zero-order valence-corrected chi connectivity index (χ0v) is 9.70. The molecule has 17 heavy (non-hydrogen) atoms. The second kappa shape index (κ2) is 5.56. The second-order valence-electron chi connectivity index (χ2n) is 2.83. The minimum absolute atomic E-state index is 0.0781. The first kappa shape index (κ1) is 13.3. The average Bonchev–Trinajstić information content (AvgIpc) is 2.21. The van der Waals surface area contributed by atoms with Crippen LogP contribution in [-0.4, -0.2) is 22.2 Å². The van der Waals surface area contributed by atoms with Gasteiger partial charge in [0.15, 0.2) is 0 Å². The molecule has 0 unspecified atom stereocenters. The van der Waals surface area contributed by atoms with Crippen LogP contribution in [0.1, 0.15) is 0 Å². The number of carbonyl (C=O) groups is 2. The van der Waals surface area contributed by atoms with E-state index in [0.717, 1.165) is 0 Å². The first-order chi connectivity index (χ1) is 7.90. The normalized spacial score (nSPS) is 11.1. The first-order valence-corrected chi connectivity index (χ1v) is 4.96. The summed E-state index contributed by atoms with van der Waals surface area (Å²) in [6.45, 7) is 0. The van der Waals surface area contributed by atoms with Gasteiger partial charge in [-0.3, -0.25) is 0 Å². The van der Waals surface area contributed by atoms with Crippen molar-refractivity contribution in [3.05, 3.63) is 40.1 Å². The number of rotatable bonds is 4. The van der Waals surface area contributed by atoms with Crippen LogP contribution in [0.15, 0.2) is 30.0 Å². The maximum atomic E-state index is 10.7. The van der Waals surface area contributed by atoms with E-state index in [9.17, 15) is 9.59 Å². The van der Waals surface area contributed by atoms with Gasteiger partial charge in [-0.25, -0.2) is 9.59 Å². The van der Waals surface area contributed by atoms with Crippen LogP contribution in [0.4, 0.5) is 0 Å². The van der Waals surface area contributed by atoms with Crippen LogP contribution < -0.4 is 4.74 Å². The number of ether oxygens (including phenoxy) is 1. The maximum absolute atomic E-state index is 10.7. The van der Waals surface area contributed by atoms with Gasteiger partial charge in [0.25, 0.3) is 0 Å². The molecule has 0 bridgehead atoms. The molecule has 0 atom stereocenters. The molecule has 0 aliphatic heterocycles. The third-order valence-electron chi connectivity index (χ3n) is 1.58. The number of carboxylic acids is 2. The molecular formula is C10H6Cl2O5. The molecule has 1 aromatic rings. The molecule has 1 aromatic carbocycles. The molecule has 5 nitrogen and oxygen atoms in total. The van der Waals surface area contributed by atoms with Crippen LogP contribution in [0.25, 0.3) is 0 Å². The average molecular weight is 277 g/mol. The molecule has 0 amide bonds. The summed E-state index contributed by atoms with van der Waals surface area (Å²) in [7, 11) is 0. The van der Waals surface area contributed by atoms with Gasteiger partial charge in [0.1, 0.15) is 5.75 Å².